The Hall–Kier alpha value is -2.40. The fourth-order valence-electron chi connectivity index (χ4n) is 2.10. The van der Waals surface area contributed by atoms with Crippen molar-refractivity contribution in [1.82, 2.24) is 14.8 Å². The van der Waals surface area contributed by atoms with Gasteiger partial charge in [-0.1, -0.05) is 29.8 Å². The molecular formula is C15H13ClN4O. The number of rotatable bonds is 3. The van der Waals surface area contributed by atoms with Crippen LogP contribution in [0.2, 0.25) is 5.02 Å². The van der Waals surface area contributed by atoms with Gasteiger partial charge in [-0.2, -0.15) is 5.10 Å². The minimum absolute atomic E-state index is 0.214. The highest BCUT2D eigenvalue weighted by Gasteiger charge is 2.16. The molecule has 2 aromatic heterocycles. The first-order valence-electron chi connectivity index (χ1n) is 6.57. The van der Waals surface area contributed by atoms with Gasteiger partial charge in [0.25, 0.3) is 5.91 Å². The number of para-hydroxylation sites is 1. The maximum Gasteiger partial charge on any atom is 0.277 e. The Bertz CT molecular complexity index is 807. The summed E-state index contributed by atoms with van der Waals surface area (Å²) >= 11 is 6.04. The highest BCUT2D eigenvalue weighted by Crippen LogP contribution is 2.22. The highest BCUT2D eigenvalue weighted by atomic mass is 35.5. The molecule has 0 bridgehead atoms. The fraction of sp³-hybridized carbons (Fsp3) is 0.133. The predicted molar refractivity (Wildman–Crippen MR) is 82.6 cm³/mol. The molecule has 0 aliphatic rings. The van der Waals surface area contributed by atoms with Gasteiger partial charge in [-0.3, -0.25) is 14.5 Å². The molecule has 0 atom stereocenters. The van der Waals surface area contributed by atoms with Gasteiger partial charge in [0.1, 0.15) is 0 Å². The molecule has 1 N–H and O–H groups in total. The van der Waals surface area contributed by atoms with Crippen LogP contribution in [0.1, 0.15) is 17.4 Å². The van der Waals surface area contributed by atoms with Crippen LogP contribution in [0, 0.1) is 0 Å². The molecule has 0 aliphatic carbocycles. The molecule has 3 rings (SSSR count). The number of aryl methyl sites for hydroxylation is 1. The molecule has 6 heteroatoms. The number of carbonyl (C=O) groups is 1. The smallest absolute Gasteiger partial charge is 0.277 e. The van der Waals surface area contributed by atoms with Gasteiger partial charge in [0.05, 0.1) is 16.2 Å². The van der Waals surface area contributed by atoms with Crippen molar-refractivity contribution in [2.75, 3.05) is 5.32 Å². The standard InChI is InChI=1S/C15H13ClN4O/c1-2-20-9-11(16)14(19-20)15(21)18-12-7-3-5-10-6-4-8-17-13(10)12/h3-9H,2H2,1H3,(H,18,21). The third-order valence-electron chi connectivity index (χ3n) is 3.14. The number of nitrogens with zero attached hydrogens (tertiary/aromatic N) is 3. The number of hydrogen-bond acceptors (Lipinski definition) is 3. The monoisotopic (exact) mass is 300 g/mol. The normalized spacial score (nSPS) is 10.8. The van der Waals surface area contributed by atoms with Crippen molar-refractivity contribution in [3.05, 3.63) is 53.4 Å². The molecule has 0 unspecified atom stereocenters. The average molecular weight is 301 g/mol. The van der Waals surface area contributed by atoms with Crippen LogP contribution in [0.5, 0.6) is 0 Å². The van der Waals surface area contributed by atoms with Crippen LogP contribution < -0.4 is 5.32 Å². The first-order valence-corrected chi connectivity index (χ1v) is 6.95. The van der Waals surface area contributed by atoms with Gasteiger partial charge in [-0.05, 0) is 19.1 Å². The van der Waals surface area contributed by atoms with Gasteiger partial charge in [0.15, 0.2) is 5.69 Å². The second-order valence-corrected chi connectivity index (χ2v) is 4.92. The van der Waals surface area contributed by atoms with Crippen LogP contribution in [-0.2, 0) is 6.54 Å². The number of anilines is 1. The zero-order valence-corrected chi connectivity index (χ0v) is 12.1. The van der Waals surface area contributed by atoms with E-state index in [-0.39, 0.29) is 11.6 Å². The van der Waals surface area contributed by atoms with E-state index in [0.29, 0.717) is 17.3 Å². The molecule has 0 spiro atoms. The predicted octanol–water partition coefficient (Wildman–Crippen LogP) is 3.36. The Morgan fingerprint density at radius 1 is 1.33 bits per heavy atom. The molecule has 21 heavy (non-hydrogen) atoms. The van der Waals surface area contributed by atoms with Crippen LogP contribution in [0.3, 0.4) is 0 Å². The van der Waals surface area contributed by atoms with Gasteiger partial charge >= 0.3 is 0 Å². The first kappa shape index (κ1) is 13.6. The summed E-state index contributed by atoms with van der Waals surface area (Å²) in [5, 5.41) is 8.27. The lowest BCUT2D eigenvalue weighted by molar-refractivity contribution is 0.102. The van der Waals surface area contributed by atoms with Crippen LogP contribution in [0.4, 0.5) is 5.69 Å². The third kappa shape index (κ3) is 2.60. The largest absolute Gasteiger partial charge is 0.319 e. The number of pyridine rings is 1. The topological polar surface area (TPSA) is 59.8 Å². The molecule has 0 fully saturated rings. The number of aromatic nitrogens is 3. The summed E-state index contributed by atoms with van der Waals surface area (Å²) in [6.45, 7) is 2.59. The number of benzene rings is 1. The molecule has 106 valence electrons. The second-order valence-electron chi connectivity index (χ2n) is 4.52. The number of fused-ring (bicyclic) bond motifs is 1. The quantitative estimate of drug-likeness (QED) is 0.807. The molecule has 3 aromatic rings. The Morgan fingerprint density at radius 2 is 2.14 bits per heavy atom. The summed E-state index contributed by atoms with van der Waals surface area (Å²) < 4.78 is 1.62. The molecule has 5 nitrogen and oxygen atoms in total. The van der Waals surface area contributed by atoms with E-state index in [2.05, 4.69) is 15.4 Å². The van der Waals surface area contributed by atoms with Gasteiger partial charge in [-0.15, -0.1) is 0 Å². The average Bonchev–Trinajstić information content (AvgIpc) is 2.89. The summed E-state index contributed by atoms with van der Waals surface area (Å²) in [7, 11) is 0. The fourth-order valence-corrected chi connectivity index (χ4v) is 2.34. The van der Waals surface area contributed by atoms with Crippen molar-refractivity contribution in [2.45, 2.75) is 13.5 Å². The van der Waals surface area contributed by atoms with E-state index < -0.39 is 0 Å². The van der Waals surface area contributed by atoms with Crippen molar-refractivity contribution < 1.29 is 4.79 Å². The lowest BCUT2D eigenvalue weighted by Gasteiger charge is -2.06. The molecule has 0 aliphatic heterocycles. The molecule has 0 radical (unpaired) electrons. The van der Waals surface area contributed by atoms with E-state index in [4.69, 9.17) is 11.6 Å². The van der Waals surface area contributed by atoms with Gasteiger partial charge < -0.3 is 5.32 Å². The van der Waals surface area contributed by atoms with Crippen LogP contribution in [0.15, 0.2) is 42.7 Å². The van der Waals surface area contributed by atoms with Crippen LogP contribution in [0.25, 0.3) is 10.9 Å². The minimum atomic E-state index is -0.342. The molecule has 2 heterocycles. The molecule has 1 amide bonds. The van der Waals surface area contributed by atoms with E-state index in [1.807, 2.05) is 31.2 Å². The van der Waals surface area contributed by atoms with Crippen LogP contribution in [-0.4, -0.2) is 20.7 Å². The van der Waals surface area contributed by atoms with Gasteiger partial charge in [0.2, 0.25) is 0 Å². The van der Waals surface area contributed by atoms with E-state index in [1.165, 1.54) is 0 Å². The third-order valence-corrected chi connectivity index (χ3v) is 3.41. The van der Waals surface area contributed by atoms with Crippen molar-refractivity contribution in [3.8, 4) is 0 Å². The molecule has 1 aromatic carbocycles. The molecule has 0 saturated heterocycles. The SMILES string of the molecule is CCn1cc(Cl)c(C(=O)Nc2cccc3cccnc23)n1. The zero-order chi connectivity index (χ0) is 14.8. The highest BCUT2D eigenvalue weighted by molar-refractivity contribution is 6.34. The Balaban J connectivity index is 1.94. The maximum atomic E-state index is 12.3. The van der Waals surface area contributed by atoms with Gasteiger partial charge in [-0.25, -0.2) is 0 Å². The van der Waals surface area contributed by atoms with E-state index in [1.54, 1.807) is 23.1 Å². The van der Waals surface area contributed by atoms with Crippen molar-refractivity contribution in [3.63, 3.8) is 0 Å². The van der Waals surface area contributed by atoms with Crippen molar-refractivity contribution in [2.24, 2.45) is 0 Å². The van der Waals surface area contributed by atoms with Crippen molar-refractivity contribution >= 4 is 34.1 Å². The summed E-state index contributed by atoms with van der Waals surface area (Å²) in [5.41, 5.74) is 1.59. The lowest BCUT2D eigenvalue weighted by atomic mass is 10.2. The van der Waals surface area contributed by atoms with Gasteiger partial charge in [0, 0.05) is 24.3 Å². The number of hydrogen-bond donors (Lipinski definition) is 1. The summed E-state index contributed by atoms with van der Waals surface area (Å²) in [4.78, 5) is 16.6. The Kier molecular flexibility index (Phi) is 3.58. The lowest BCUT2D eigenvalue weighted by Crippen LogP contribution is -2.14. The number of nitrogens with one attached hydrogen (secondary N) is 1. The Morgan fingerprint density at radius 3 is 2.90 bits per heavy atom. The number of amides is 1. The van der Waals surface area contributed by atoms with Crippen molar-refractivity contribution in [1.29, 1.82) is 0 Å². The van der Waals surface area contributed by atoms with E-state index >= 15 is 0 Å². The maximum absolute atomic E-state index is 12.3. The first-order chi connectivity index (χ1) is 10.2. The minimum Gasteiger partial charge on any atom is -0.319 e. The molecular weight excluding hydrogens is 288 g/mol. The zero-order valence-electron chi connectivity index (χ0n) is 11.4. The van der Waals surface area contributed by atoms with E-state index in [9.17, 15) is 4.79 Å². The summed E-state index contributed by atoms with van der Waals surface area (Å²) in [6, 6.07) is 9.41. The number of carbonyl (C=O) groups excluding carboxylic acids is 1. The number of halogens is 1. The second kappa shape index (κ2) is 5.54. The summed E-state index contributed by atoms with van der Waals surface area (Å²) in [5.74, 6) is -0.342. The molecule has 0 saturated carbocycles. The van der Waals surface area contributed by atoms with E-state index in [0.717, 1.165) is 10.9 Å². The Labute approximate surface area is 126 Å². The summed E-state index contributed by atoms with van der Waals surface area (Å²) in [6.07, 6.45) is 3.33. The van der Waals surface area contributed by atoms with Crippen LogP contribution >= 0.6 is 11.6 Å².